The lowest BCUT2D eigenvalue weighted by molar-refractivity contribution is -0.133. The minimum absolute atomic E-state index is 0.0279. The molecule has 3 heterocycles. The monoisotopic (exact) mass is 378 g/mol. The summed E-state index contributed by atoms with van der Waals surface area (Å²) in [5, 5.41) is 12.8. The van der Waals surface area contributed by atoms with Gasteiger partial charge in [0, 0.05) is 51.2 Å². The fourth-order valence-electron chi connectivity index (χ4n) is 5.05. The van der Waals surface area contributed by atoms with Gasteiger partial charge in [0.15, 0.2) is 0 Å². The van der Waals surface area contributed by atoms with Crippen LogP contribution in [0.2, 0.25) is 0 Å². The largest absolute Gasteiger partial charge is 0.393 e. The molecule has 3 saturated heterocycles. The predicted octanol–water partition coefficient (Wildman–Crippen LogP) is 0.0330. The number of fused-ring (bicyclic) bond motifs is 1. The third-order valence-corrected chi connectivity index (χ3v) is 7.05. The molecule has 0 aromatic rings. The Morgan fingerprint density at radius 3 is 2.59 bits per heavy atom. The van der Waals surface area contributed by atoms with Gasteiger partial charge in [-0.2, -0.15) is 0 Å². The highest BCUT2D eigenvalue weighted by Gasteiger charge is 2.46. The molecule has 4 aliphatic rings. The molecule has 0 aromatic heterocycles. The molecule has 3 atom stereocenters. The Labute approximate surface area is 162 Å². The number of likely N-dealkylation sites (tertiary alicyclic amines) is 2. The molecule has 0 bridgehead atoms. The smallest absolute Gasteiger partial charge is 0.239 e. The second-order valence-corrected chi connectivity index (χ2v) is 8.95. The van der Waals surface area contributed by atoms with Gasteiger partial charge >= 0.3 is 0 Å². The lowest BCUT2D eigenvalue weighted by atomic mass is 10.0. The highest BCUT2D eigenvalue weighted by atomic mass is 16.3. The number of rotatable bonds is 5. The van der Waals surface area contributed by atoms with Crippen molar-refractivity contribution in [2.45, 2.75) is 69.2 Å². The van der Waals surface area contributed by atoms with E-state index in [1.807, 2.05) is 4.90 Å². The lowest BCUT2D eigenvalue weighted by Gasteiger charge is -2.34. The normalized spacial score (nSPS) is 33.6. The number of hydrogen-bond acceptors (Lipinski definition) is 5. The fraction of sp³-hybridized carbons (Fsp3) is 0.900. The average molecular weight is 379 g/mol. The highest BCUT2D eigenvalue weighted by molar-refractivity contribution is 5.83. The minimum atomic E-state index is -0.255. The molecule has 2 N–H and O–H groups in total. The van der Waals surface area contributed by atoms with Crippen LogP contribution in [0.15, 0.2) is 0 Å². The Bertz CT molecular complexity index is 559. The molecular formula is C20H34N4O3. The summed E-state index contributed by atoms with van der Waals surface area (Å²) in [4.78, 5) is 31.9. The molecule has 1 aliphatic carbocycles. The highest BCUT2D eigenvalue weighted by Crippen LogP contribution is 2.34. The van der Waals surface area contributed by atoms with Crippen molar-refractivity contribution in [3.8, 4) is 0 Å². The van der Waals surface area contributed by atoms with Gasteiger partial charge in [-0.05, 0) is 51.5 Å². The first-order valence-electron chi connectivity index (χ1n) is 10.7. The average Bonchev–Trinajstić information content (AvgIpc) is 3.39. The summed E-state index contributed by atoms with van der Waals surface area (Å²) in [6.07, 6.45) is 6.07. The van der Waals surface area contributed by atoms with Crippen LogP contribution in [0.1, 0.15) is 44.9 Å². The van der Waals surface area contributed by atoms with Crippen LogP contribution in [0.4, 0.5) is 0 Å². The summed E-state index contributed by atoms with van der Waals surface area (Å²) in [7, 11) is 2.13. The maximum atomic E-state index is 12.7. The maximum Gasteiger partial charge on any atom is 0.239 e. The number of aliphatic hydroxyl groups excluding tert-OH is 1. The summed E-state index contributed by atoms with van der Waals surface area (Å²) in [5.74, 6) is 1.15. The number of aliphatic hydroxyl groups is 1. The van der Waals surface area contributed by atoms with Crippen LogP contribution in [0, 0.1) is 5.92 Å². The van der Waals surface area contributed by atoms with Gasteiger partial charge in [-0.15, -0.1) is 0 Å². The van der Waals surface area contributed by atoms with E-state index in [2.05, 4.69) is 22.2 Å². The second kappa shape index (κ2) is 8.05. The molecule has 4 rings (SSSR count). The fourth-order valence-corrected chi connectivity index (χ4v) is 5.05. The number of nitrogens with zero attached hydrogens (tertiary/aromatic N) is 3. The third-order valence-electron chi connectivity index (χ3n) is 7.05. The molecule has 0 spiro atoms. The Balaban J connectivity index is 1.32. The molecular weight excluding hydrogens is 344 g/mol. The number of nitrogens with one attached hydrogen (secondary N) is 1. The summed E-state index contributed by atoms with van der Waals surface area (Å²) < 4.78 is 0. The van der Waals surface area contributed by atoms with Crippen LogP contribution in [-0.4, -0.2) is 95.6 Å². The quantitative estimate of drug-likeness (QED) is 0.706. The van der Waals surface area contributed by atoms with Gasteiger partial charge in [-0.25, -0.2) is 0 Å². The number of amides is 2. The van der Waals surface area contributed by atoms with Crippen LogP contribution in [-0.2, 0) is 9.59 Å². The zero-order valence-electron chi connectivity index (χ0n) is 16.5. The lowest BCUT2D eigenvalue weighted by Crippen LogP contribution is -2.50. The number of hydrogen-bond donors (Lipinski definition) is 2. The molecule has 0 radical (unpaired) electrons. The number of carbonyl (C=O) groups is 2. The Morgan fingerprint density at radius 2 is 1.89 bits per heavy atom. The summed E-state index contributed by atoms with van der Waals surface area (Å²) >= 11 is 0. The Kier molecular flexibility index (Phi) is 5.71. The first-order valence-corrected chi connectivity index (χ1v) is 10.7. The maximum absolute atomic E-state index is 12.7. The van der Waals surface area contributed by atoms with E-state index in [4.69, 9.17) is 0 Å². The topological polar surface area (TPSA) is 76.1 Å². The van der Waals surface area contributed by atoms with Crippen molar-refractivity contribution in [2.24, 2.45) is 5.92 Å². The molecule has 27 heavy (non-hydrogen) atoms. The minimum Gasteiger partial charge on any atom is -0.393 e. The zero-order chi connectivity index (χ0) is 19.0. The Morgan fingerprint density at radius 1 is 1.15 bits per heavy atom. The summed E-state index contributed by atoms with van der Waals surface area (Å²) in [6.45, 7) is 4.03. The molecule has 152 valence electrons. The molecule has 0 unspecified atom stereocenters. The van der Waals surface area contributed by atoms with Gasteiger partial charge in [0.1, 0.15) is 6.04 Å². The van der Waals surface area contributed by atoms with Crippen LogP contribution >= 0.6 is 0 Å². The Hall–Kier alpha value is -1.18. The van der Waals surface area contributed by atoms with E-state index >= 15 is 0 Å². The van der Waals surface area contributed by atoms with Crippen LogP contribution in [0.5, 0.6) is 0 Å². The van der Waals surface area contributed by atoms with Crippen molar-refractivity contribution < 1.29 is 14.7 Å². The molecule has 2 amide bonds. The van der Waals surface area contributed by atoms with Crippen molar-refractivity contribution in [3.05, 3.63) is 0 Å². The molecule has 4 fully saturated rings. The van der Waals surface area contributed by atoms with Crippen molar-refractivity contribution in [3.63, 3.8) is 0 Å². The van der Waals surface area contributed by atoms with E-state index < -0.39 is 0 Å². The van der Waals surface area contributed by atoms with Gasteiger partial charge in [0.25, 0.3) is 0 Å². The molecule has 7 heteroatoms. The van der Waals surface area contributed by atoms with Crippen LogP contribution in [0.25, 0.3) is 0 Å². The first kappa shape index (κ1) is 19.2. The van der Waals surface area contributed by atoms with E-state index in [1.54, 1.807) is 0 Å². The van der Waals surface area contributed by atoms with E-state index in [1.165, 1.54) is 12.8 Å². The SMILES string of the molecule is CN1[C@@H](CCC(=O)N2CCC(O)CC2)CNC(=O)[C@@H]2[C@H]1CCN2CC1CC1. The van der Waals surface area contributed by atoms with Crippen molar-refractivity contribution in [1.82, 2.24) is 20.0 Å². The van der Waals surface area contributed by atoms with Crippen molar-refractivity contribution in [1.29, 1.82) is 0 Å². The van der Waals surface area contributed by atoms with Crippen LogP contribution < -0.4 is 5.32 Å². The van der Waals surface area contributed by atoms with Gasteiger partial charge in [0.2, 0.25) is 11.8 Å². The predicted molar refractivity (Wildman–Crippen MR) is 102 cm³/mol. The molecule has 0 aromatic carbocycles. The van der Waals surface area contributed by atoms with E-state index in [-0.39, 0.29) is 36.0 Å². The number of carbonyl (C=O) groups excluding carboxylic acids is 2. The van der Waals surface area contributed by atoms with Crippen molar-refractivity contribution in [2.75, 3.05) is 39.8 Å². The van der Waals surface area contributed by atoms with Gasteiger partial charge in [0.05, 0.1) is 6.10 Å². The standard InChI is InChI=1S/C20H34N4O3/c1-22-15(4-5-18(26)23-9-6-16(25)7-10-23)12-21-20(27)19-17(22)8-11-24(19)13-14-2-3-14/h14-17,19,25H,2-13H2,1H3,(H,21,27)/t15-,17+,19-/m0/s1. The first-order chi connectivity index (χ1) is 13.0. The van der Waals surface area contributed by atoms with Crippen molar-refractivity contribution >= 4 is 11.8 Å². The second-order valence-electron chi connectivity index (χ2n) is 8.95. The number of likely N-dealkylation sites (N-methyl/N-ethyl adjacent to an activating group) is 1. The molecule has 7 nitrogen and oxygen atoms in total. The zero-order valence-corrected chi connectivity index (χ0v) is 16.5. The van der Waals surface area contributed by atoms with E-state index in [9.17, 15) is 14.7 Å². The van der Waals surface area contributed by atoms with E-state index in [0.717, 1.165) is 31.8 Å². The summed E-state index contributed by atoms with van der Waals surface area (Å²) in [5.41, 5.74) is 0. The summed E-state index contributed by atoms with van der Waals surface area (Å²) in [6, 6.07) is 0.445. The van der Waals surface area contributed by atoms with Gasteiger partial charge < -0.3 is 15.3 Å². The van der Waals surface area contributed by atoms with Gasteiger partial charge in [-0.3, -0.25) is 19.4 Å². The molecule has 3 aliphatic heterocycles. The van der Waals surface area contributed by atoms with E-state index in [0.29, 0.717) is 38.9 Å². The third kappa shape index (κ3) is 4.30. The van der Waals surface area contributed by atoms with Gasteiger partial charge in [-0.1, -0.05) is 0 Å². The molecule has 1 saturated carbocycles. The van der Waals surface area contributed by atoms with Crippen LogP contribution in [0.3, 0.4) is 0 Å². The number of piperidine rings is 1.